The van der Waals surface area contributed by atoms with Crippen LogP contribution in [0.25, 0.3) is 0 Å². The van der Waals surface area contributed by atoms with E-state index in [-0.39, 0.29) is 11.7 Å². The molecule has 0 saturated heterocycles. The van der Waals surface area contributed by atoms with Gasteiger partial charge in [0, 0.05) is 24.3 Å². The van der Waals surface area contributed by atoms with E-state index in [1.54, 1.807) is 6.92 Å². The molecule has 1 N–H and O–H groups in total. The van der Waals surface area contributed by atoms with E-state index in [0.29, 0.717) is 18.5 Å². The number of unbranched alkanes of at least 4 members (excludes halogenated alkanes) is 3. The van der Waals surface area contributed by atoms with Gasteiger partial charge in [-0.25, -0.2) is 8.42 Å². The van der Waals surface area contributed by atoms with Gasteiger partial charge in [-0.15, -0.1) is 0 Å². The Kier molecular flexibility index (Phi) is 9.55. The van der Waals surface area contributed by atoms with E-state index in [1.807, 2.05) is 0 Å². The lowest BCUT2D eigenvalue weighted by molar-refractivity contribution is -0.890. The number of quaternary nitrogens is 1. The van der Waals surface area contributed by atoms with Crippen LogP contribution in [-0.4, -0.2) is 62.8 Å². The van der Waals surface area contributed by atoms with E-state index in [0.717, 1.165) is 43.3 Å². The SMILES string of the molecule is C=C(C)C(=O)NCCC[N+](C)(C)CCCCCCS(=O)(=O)[O-]. The second-order valence-electron chi connectivity index (χ2n) is 6.45. The summed E-state index contributed by atoms with van der Waals surface area (Å²) in [4.78, 5) is 11.3. The van der Waals surface area contributed by atoms with Gasteiger partial charge in [-0.2, -0.15) is 0 Å². The molecule has 0 bridgehead atoms. The Morgan fingerprint density at radius 2 is 1.64 bits per heavy atom. The number of carbonyl (C=O) groups is 1. The summed E-state index contributed by atoms with van der Waals surface area (Å²) in [5.41, 5.74) is 0.522. The molecule has 0 aliphatic heterocycles. The van der Waals surface area contributed by atoms with Crippen LogP contribution >= 0.6 is 0 Å². The van der Waals surface area contributed by atoms with Gasteiger partial charge in [-0.1, -0.05) is 13.0 Å². The van der Waals surface area contributed by atoms with Crippen LogP contribution in [0.3, 0.4) is 0 Å². The minimum absolute atomic E-state index is 0.0985. The highest BCUT2D eigenvalue weighted by atomic mass is 32.2. The zero-order valence-corrected chi connectivity index (χ0v) is 14.9. The molecule has 0 unspecified atom stereocenters. The molecular formula is C15H30N2O4S. The quantitative estimate of drug-likeness (QED) is 0.252. The Balaban J connectivity index is 3.69. The molecule has 1 amide bonds. The zero-order valence-electron chi connectivity index (χ0n) is 14.1. The Morgan fingerprint density at radius 3 is 2.18 bits per heavy atom. The first-order chi connectivity index (χ1) is 10.0. The molecule has 0 aliphatic carbocycles. The molecular weight excluding hydrogens is 304 g/mol. The predicted molar refractivity (Wildman–Crippen MR) is 87.3 cm³/mol. The minimum Gasteiger partial charge on any atom is -0.748 e. The van der Waals surface area contributed by atoms with Crippen molar-refractivity contribution >= 4 is 16.0 Å². The van der Waals surface area contributed by atoms with Crippen molar-refractivity contribution in [2.45, 2.75) is 39.0 Å². The van der Waals surface area contributed by atoms with Crippen molar-refractivity contribution in [3.05, 3.63) is 12.2 Å². The maximum atomic E-state index is 11.3. The van der Waals surface area contributed by atoms with E-state index in [2.05, 4.69) is 26.0 Å². The summed E-state index contributed by atoms with van der Waals surface area (Å²) in [7, 11) is 0.221. The van der Waals surface area contributed by atoms with Crippen LogP contribution in [0.1, 0.15) is 39.0 Å². The largest absolute Gasteiger partial charge is 0.748 e. The summed E-state index contributed by atoms with van der Waals surface area (Å²) in [6.07, 6.45) is 4.07. The van der Waals surface area contributed by atoms with Crippen molar-refractivity contribution in [3.8, 4) is 0 Å². The lowest BCUT2D eigenvalue weighted by atomic mass is 10.2. The number of hydrogen-bond acceptors (Lipinski definition) is 4. The van der Waals surface area contributed by atoms with Crippen LogP contribution in [-0.2, 0) is 14.9 Å². The Bertz CT molecular complexity index is 458. The molecule has 0 aromatic rings. The van der Waals surface area contributed by atoms with Crippen LogP contribution in [0.5, 0.6) is 0 Å². The minimum atomic E-state index is -4.06. The average Bonchev–Trinajstić information content (AvgIpc) is 2.37. The van der Waals surface area contributed by atoms with Crippen molar-refractivity contribution in [3.63, 3.8) is 0 Å². The number of hydrogen-bond donors (Lipinski definition) is 1. The summed E-state index contributed by atoms with van der Waals surface area (Å²) < 4.78 is 32.3. The molecule has 0 rings (SSSR count). The second-order valence-corrected chi connectivity index (χ2v) is 7.97. The Morgan fingerprint density at radius 1 is 1.09 bits per heavy atom. The highest BCUT2D eigenvalue weighted by Crippen LogP contribution is 2.07. The first-order valence-electron chi connectivity index (χ1n) is 7.73. The fourth-order valence-corrected chi connectivity index (χ4v) is 2.70. The van der Waals surface area contributed by atoms with Crippen LogP contribution in [0.2, 0.25) is 0 Å². The van der Waals surface area contributed by atoms with Crippen LogP contribution in [0, 0.1) is 0 Å². The van der Waals surface area contributed by atoms with Crippen molar-refractivity contribution in [2.75, 3.05) is 39.5 Å². The van der Waals surface area contributed by atoms with Gasteiger partial charge in [0.1, 0.15) is 0 Å². The smallest absolute Gasteiger partial charge is 0.246 e. The molecule has 0 aromatic heterocycles. The van der Waals surface area contributed by atoms with Crippen molar-refractivity contribution in [1.82, 2.24) is 5.32 Å². The maximum Gasteiger partial charge on any atom is 0.246 e. The monoisotopic (exact) mass is 334 g/mol. The standard InChI is InChI=1S/C15H30N2O4S/c1-14(2)15(18)16-10-9-12-17(3,4)11-7-5-6-8-13-22(19,20)21/h1,5-13H2,2-4H3,(H-,16,18,19,20,21). The van der Waals surface area contributed by atoms with Gasteiger partial charge in [0.25, 0.3) is 0 Å². The second kappa shape index (κ2) is 9.97. The molecule has 0 fully saturated rings. The summed E-state index contributed by atoms with van der Waals surface area (Å²) in [5, 5.41) is 2.82. The maximum absolute atomic E-state index is 11.3. The van der Waals surface area contributed by atoms with Gasteiger partial charge in [-0.3, -0.25) is 4.79 Å². The van der Waals surface area contributed by atoms with Crippen LogP contribution in [0.15, 0.2) is 12.2 Å². The summed E-state index contributed by atoms with van der Waals surface area (Å²) in [5.74, 6) is -0.355. The molecule has 22 heavy (non-hydrogen) atoms. The van der Waals surface area contributed by atoms with E-state index >= 15 is 0 Å². The zero-order chi connectivity index (χ0) is 17.2. The third-order valence-electron chi connectivity index (χ3n) is 3.52. The molecule has 6 nitrogen and oxygen atoms in total. The summed E-state index contributed by atoms with van der Waals surface area (Å²) in [6, 6.07) is 0. The number of amides is 1. The third-order valence-corrected chi connectivity index (χ3v) is 4.31. The molecule has 0 atom stereocenters. The molecule has 7 heteroatoms. The number of nitrogens with zero attached hydrogens (tertiary/aromatic N) is 1. The average molecular weight is 334 g/mol. The molecule has 0 radical (unpaired) electrons. The number of carbonyl (C=O) groups excluding carboxylic acids is 1. The van der Waals surface area contributed by atoms with Gasteiger partial charge >= 0.3 is 0 Å². The molecule has 0 heterocycles. The lowest BCUT2D eigenvalue weighted by Crippen LogP contribution is -2.42. The Labute approximate surface area is 134 Å². The van der Waals surface area contributed by atoms with Gasteiger partial charge in [0.15, 0.2) is 0 Å². The number of rotatable bonds is 12. The number of nitrogens with one attached hydrogen (secondary N) is 1. The van der Waals surface area contributed by atoms with Crippen molar-refractivity contribution in [2.24, 2.45) is 0 Å². The van der Waals surface area contributed by atoms with E-state index in [9.17, 15) is 17.8 Å². The van der Waals surface area contributed by atoms with E-state index < -0.39 is 10.1 Å². The highest BCUT2D eigenvalue weighted by Gasteiger charge is 2.14. The Hall–Kier alpha value is -0.920. The van der Waals surface area contributed by atoms with Crippen molar-refractivity contribution in [1.29, 1.82) is 0 Å². The fourth-order valence-electron chi connectivity index (χ4n) is 2.14. The molecule has 0 aliphatic rings. The van der Waals surface area contributed by atoms with Gasteiger partial charge in [-0.05, 0) is 26.2 Å². The van der Waals surface area contributed by atoms with Gasteiger partial charge < -0.3 is 14.4 Å². The highest BCUT2D eigenvalue weighted by molar-refractivity contribution is 7.85. The topological polar surface area (TPSA) is 86.3 Å². The third kappa shape index (κ3) is 12.8. The van der Waals surface area contributed by atoms with Crippen LogP contribution < -0.4 is 5.32 Å². The predicted octanol–water partition coefficient (Wildman–Crippen LogP) is 1.25. The van der Waals surface area contributed by atoms with Crippen molar-refractivity contribution < 1.29 is 22.2 Å². The van der Waals surface area contributed by atoms with Gasteiger partial charge in [0.05, 0.1) is 37.3 Å². The van der Waals surface area contributed by atoms with Crippen LogP contribution in [0.4, 0.5) is 0 Å². The first-order valence-corrected chi connectivity index (χ1v) is 9.30. The fraction of sp³-hybridized carbons (Fsp3) is 0.800. The molecule has 130 valence electrons. The summed E-state index contributed by atoms with van der Waals surface area (Å²) in [6.45, 7) is 7.89. The normalized spacial score (nSPS) is 12.2. The van der Waals surface area contributed by atoms with E-state index in [1.165, 1.54) is 0 Å². The molecule has 0 saturated carbocycles. The molecule has 0 aromatic carbocycles. The van der Waals surface area contributed by atoms with Gasteiger partial charge in [0.2, 0.25) is 5.91 Å². The molecule has 0 spiro atoms. The summed E-state index contributed by atoms with van der Waals surface area (Å²) >= 11 is 0. The van der Waals surface area contributed by atoms with E-state index in [4.69, 9.17) is 0 Å². The lowest BCUT2D eigenvalue weighted by Gasteiger charge is -2.30. The first kappa shape index (κ1) is 21.1.